The molecule has 4 heteroatoms. The van der Waals surface area contributed by atoms with Crippen LogP contribution in [0.4, 0.5) is 5.69 Å². The third kappa shape index (κ3) is 3.53. The summed E-state index contributed by atoms with van der Waals surface area (Å²) in [6, 6.07) is 5.61. The average Bonchev–Trinajstić information content (AvgIpc) is 2.33. The molecule has 3 N–H and O–H groups in total. The summed E-state index contributed by atoms with van der Waals surface area (Å²) in [6.07, 6.45) is 1.69. The minimum absolute atomic E-state index is 0.0536. The number of carbonyl (C=O) groups excluding carboxylic acids is 1. The molecule has 0 aliphatic heterocycles. The van der Waals surface area contributed by atoms with Crippen molar-refractivity contribution in [3.8, 4) is 0 Å². The molecule has 1 aromatic carbocycles. The van der Waals surface area contributed by atoms with Crippen molar-refractivity contribution in [2.75, 3.05) is 5.32 Å². The van der Waals surface area contributed by atoms with Gasteiger partial charge < -0.3 is 11.1 Å². The topological polar surface area (TPSA) is 55.1 Å². The molecule has 0 aromatic heterocycles. The Balaban J connectivity index is 2.93. The number of anilines is 1. The Labute approximate surface area is 114 Å². The standard InChI is InChI=1S/C14H20N2OS/c1-4-10(5-2)14(17)16-12-8-11(13(15)18)7-6-9(12)3/h6-8,10H,4-5H2,1-3H3,(H2,15,18)(H,16,17). The highest BCUT2D eigenvalue weighted by Crippen LogP contribution is 2.19. The number of rotatable bonds is 5. The van der Waals surface area contributed by atoms with Crippen molar-refractivity contribution in [3.05, 3.63) is 29.3 Å². The van der Waals surface area contributed by atoms with Gasteiger partial charge in [-0.15, -0.1) is 0 Å². The van der Waals surface area contributed by atoms with Gasteiger partial charge in [-0.3, -0.25) is 4.79 Å². The lowest BCUT2D eigenvalue weighted by Gasteiger charge is -2.15. The predicted octanol–water partition coefficient (Wildman–Crippen LogP) is 3.00. The Kier molecular flexibility index (Phi) is 5.28. The largest absolute Gasteiger partial charge is 0.389 e. The van der Waals surface area contributed by atoms with E-state index in [1.807, 2.05) is 39.0 Å². The van der Waals surface area contributed by atoms with E-state index in [0.29, 0.717) is 4.99 Å². The maximum absolute atomic E-state index is 12.0. The monoisotopic (exact) mass is 264 g/mol. The summed E-state index contributed by atoms with van der Waals surface area (Å²) in [6.45, 7) is 5.99. The highest BCUT2D eigenvalue weighted by atomic mass is 32.1. The molecule has 0 radical (unpaired) electrons. The van der Waals surface area contributed by atoms with Crippen molar-refractivity contribution in [1.82, 2.24) is 0 Å². The molecule has 1 amide bonds. The molecule has 0 fully saturated rings. The van der Waals surface area contributed by atoms with E-state index in [-0.39, 0.29) is 11.8 Å². The summed E-state index contributed by atoms with van der Waals surface area (Å²) >= 11 is 4.94. The highest BCUT2D eigenvalue weighted by molar-refractivity contribution is 7.80. The first-order valence-electron chi connectivity index (χ1n) is 6.20. The van der Waals surface area contributed by atoms with Crippen LogP contribution in [-0.4, -0.2) is 10.9 Å². The Morgan fingerprint density at radius 2 is 2.00 bits per heavy atom. The number of nitrogens with one attached hydrogen (secondary N) is 1. The van der Waals surface area contributed by atoms with Gasteiger partial charge in [-0.2, -0.15) is 0 Å². The summed E-state index contributed by atoms with van der Waals surface area (Å²) in [7, 11) is 0. The first-order valence-corrected chi connectivity index (χ1v) is 6.61. The molecule has 1 rings (SSSR count). The molecule has 0 unspecified atom stereocenters. The quantitative estimate of drug-likeness (QED) is 0.804. The predicted molar refractivity (Wildman–Crippen MR) is 79.8 cm³/mol. The first kappa shape index (κ1) is 14.6. The summed E-state index contributed by atoms with van der Waals surface area (Å²) in [5, 5.41) is 2.95. The molecule has 98 valence electrons. The number of aryl methyl sites for hydroxylation is 1. The van der Waals surface area contributed by atoms with Crippen molar-refractivity contribution in [2.45, 2.75) is 33.6 Å². The van der Waals surface area contributed by atoms with Crippen LogP contribution in [0.2, 0.25) is 0 Å². The van der Waals surface area contributed by atoms with Gasteiger partial charge in [-0.25, -0.2) is 0 Å². The lowest BCUT2D eigenvalue weighted by Crippen LogP contribution is -2.22. The Morgan fingerprint density at radius 3 is 2.50 bits per heavy atom. The Hall–Kier alpha value is -1.42. The van der Waals surface area contributed by atoms with Gasteiger partial charge in [0.1, 0.15) is 4.99 Å². The van der Waals surface area contributed by atoms with E-state index in [2.05, 4.69) is 5.32 Å². The van der Waals surface area contributed by atoms with E-state index in [4.69, 9.17) is 18.0 Å². The average molecular weight is 264 g/mol. The summed E-state index contributed by atoms with van der Waals surface area (Å²) in [4.78, 5) is 12.4. The molecule has 18 heavy (non-hydrogen) atoms. The minimum atomic E-state index is 0.0536. The van der Waals surface area contributed by atoms with Crippen LogP contribution in [0.15, 0.2) is 18.2 Å². The number of hydrogen-bond acceptors (Lipinski definition) is 2. The fourth-order valence-electron chi connectivity index (χ4n) is 1.80. The molecule has 0 spiro atoms. The maximum atomic E-state index is 12.0. The van der Waals surface area contributed by atoms with Gasteiger partial charge in [0, 0.05) is 17.2 Å². The molecular weight excluding hydrogens is 244 g/mol. The lowest BCUT2D eigenvalue weighted by molar-refractivity contribution is -0.120. The molecule has 0 aliphatic carbocycles. The summed E-state index contributed by atoms with van der Waals surface area (Å²) in [5.74, 6) is 0.112. The molecule has 0 heterocycles. The van der Waals surface area contributed by atoms with Crippen LogP contribution in [0.5, 0.6) is 0 Å². The summed E-state index contributed by atoms with van der Waals surface area (Å²) in [5.41, 5.74) is 8.17. The third-order valence-corrected chi connectivity index (χ3v) is 3.37. The molecule has 1 aromatic rings. The smallest absolute Gasteiger partial charge is 0.227 e. The lowest BCUT2D eigenvalue weighted by atomic mass is 10.0. The zero-order chi connectivity index (χ0) is 13.7. The van der Waals surface area contributed by atoms with Gasteiger partial charge in [0.2, 0.25) is 5.91 Å². The number of hydrogen-bond donors (Lipinski definition) is 2. The molecule has 0 atom stereocenters. The number of carbonyl (C=O) groups is 1. The van der Waals surface area contributed by atoms with Crippen molar-refractivity contribution in [1.29, 1.82) is 0 Å². The van der Waals surface area contributed by atoms with E-state index in [1.54, 1.807) is 0 Å². The fourth-order valence-corrected chi connectivity index (χ4v) is 1.93. The van der Waals surface area contributed by atoms with Crippen LogP contribution in [0.25, 0.3) is 0 Å². The minimum Gasteiger partial charge on any atom is -0.389 e. The first-order chi connectivity index (χ1) is 8.49. The van der Waals surface area contributed by atoms with Gasteiger partial charge in [0.05, 0.1) is 0 Å². The van der Waals surface area contributed by atoms with Crippen LogP contribution in [0.1, 0.15) is 37.8 Å². The second-order valence-corrected chi connectivity index (χ2v) is 4.84. The second kappa shape index (κ2) is 6.50. The molecule has 0 bridgehead atoms. The fraction of sp³-hybridized carbons (Fsp3) is 0.429. The zero-order valence-corrected chi connectivity index (χ0v) is 11.9. The van der Waals surface area contributed by atoms with Crippen molar-refractivity contribution < 1.29 is 4.79 Å². The maximum Gasteiger partial charge on any atom is 0.227 e. The Bertz CT molecular complexity index is 453. The third-order valence-electron chi connectivity index (χ3n) is 3.14. The summed E-state index contributed by atoms with van der Waals surface area (Å²) < 4.78 is 0. The van der Waals surface area contributed by atoms with E-state index in [0.717, 1.165) is 29.7 Å². The van der Waals surface area contributed by atoms with Crippen LogP contribution >= 0.6 is 12.2 Å². The van der Waals surface area contributed by atoms with E-state index >= 15 is 0 Å². The molecule has 3 nitrogen and oxygen atoms in total. The molecular formula is C14H20N2OS. The van der Waals surface area contributed by atoms with Crippen LogP contribution < -0.4 is 11.1 Å². The van der Waals surface area contributed by atoms with Crippen LogP contribution in [-0.2, 0) is 4.79 Å². The van der Waals surface area contributed by atoms with E-state index in [9.17, 15) is 4.79 Å². The number of thiocarbonyl (C=S) groups is 1. The van der Waals surface area contributed by atoms with Gasteiger partial charge in [0.15, 0.2) is 0 Å². The van der Waals surface area contributed by atoms with E-state index < -0.39 is 0 Å². The van der Waals surface area contributed by atoms with Gasteiger partial charge in [-0.1, -0.05) is 38.2 Å². The van der Waals surface area contributed by atoms with Gasteiger partial charge in [0.25, 0.3) is 0 Å². The number of amides is 1. The highest BCUT2D eigenvalue weighted by Gasteiger charge is 2.15. The van der Waals surface area contributed by atoms with E-state index in [1.165, 1.54) is 0 Å². The normalized spacial score (nSPS) is 10.4. The number of nitrogens with two attached hydrogens (primary N) is 1. The van der Waals surface area contributed by atoms with Gasteiger partial charge >= 0.3 is 0 Å². The molecule has 0 saturated heterocycles. The second-order valence-electron chi connectivity index (χ2n) is 4.40. The van der Waals surface area contributed by atoms with Crippen LogP contribution in [0.3, 0.4) is 0 Å². The van der Waals surface area contributed by atoms with Crippen molar-refractivity contribution in [2.24, 2.45) is 11.7 Å². The number of benzene rings is 1. The zero-order valence-electron chi connectivity index (χ0n) is 11.1. The molecule has 0 saturated carbocycles. The van der Waals surface area contributed by atoms with Crippen LogP contribution in [0, 0.1) is 12.8 Å². The van der Waals surface area contributed by atoms with Crippen molar-refractivity contribution in [3.63, 3.8) is 0 Å². The molecule has 0 aliphatic rings. The van der Waals surface area contributed by atoms with Crippen molar-refractivity contribution >= 4 is 28.8 Å². The van der Waals surface area contributed by atoms with Gasteiger partial charge in [-0.05, 0) is 31.4 Å². The Morgan fingerprint density at radius 1 is 1.39 bits per heavy atom. The SMILES string of the molecule is CCC(CC)C(=O)Nc1cc(C(N)=S)ccc1C.